The largest absolute Gasteiger partial charge is 0.472 e. The molecule has 0 bridgehead atoms. The Labute approximate surface area is 133 Å². The van der Waals surface area contributed by atoms with Crippen molar-refractivity contribution in [1.29, 1.82) is 0 Å². The number of rotatable bonds is 2. The first-order valence-corrected chi connectivity index (χ1v) is 8.41. The van der Waals surface area contributed by atoms with Gasteiger partial charge in [0.2, 0.25) is 0 Å². The van der Waals surface area contributed by atoms with Gasteiger partial charge in [-0.15, -0.1) is 0 Å². The summed E-state index contributed by atoms with van der Waals surface area (Å²) in [6.07, 6.45) is 12.0. The second-order valence-electron chi connectivity index (χ2n) is 8.15. The molecule has 0 aliphatic heterocycles. The van der Waals surface area contributed by atoms with Crippen molar-refractivity contribution in [1.82, 2.24) is 0 Å². The van der Waals surface area contributed by atoms with Crippen LogP contribution in [-0.4, -0.2) is 11.2 Å². The molecule has 2 heteroatoms. The SMILES string of the molecule is C=C1C[C@@H](O)[C@@H]2C(C)(C)CCC[C@]2(C)[C@H]1/C=C/c1ccoc1. The number of hydrogen-bond acceptors (Lipinski definition) is 2. The molecule has 0 unspecified atom stereocenters. The van der Waals surface area contributed by atoms with Crippen molar-refractivity contribution in [3.63, 3.8) is 0 Å². The molecule has 4 atom stereocenters. The third-order valence-corrected chi connectivity index (χ3v) is 6.12. The number of aliphatic hydroxyl groups is 1. The Bertz CT molecular complexity index is 567. The van der Waals surface area contributed by atoms with Crippen molar-refractivity contribution in [2.24, 2.45) is 22.7 Å². The van der Waals surface area contributed by atoms with Gasteiger partial charge in [-0.2, -0.15) is 0 Å². The van der Waals surface area contributed by atoms with Crippen molar-refractivity contribution in [2.45, 2.75) is 52.6 Å². The smallest absolute Gasteiger partial charge is 0.0974 e. The third-order valence-electron chi connectivity index (χ3n) is 6.12. The number of fused-ring (bicyclic) bond motifs is 1. The minimum absolute atomic E-state index is 0.0940. The average Bonchev–Trinajstić information content (AvgIpc) is 2.89. The molecule has 0 amide bonds. The van der Waals surface area contributed by atoms with Crippen LogP contribution in [0.3, 0.4) is 0 Å². The van der Waals surface area contributed by atoms with Crippen LogP contribution in [0, 0.1) is 22.7 Å². The van der Waals surface area contributed by atoms with Gasteiger partial charge in [-0.3, -0.25) is 0 Å². The minimum atomic E-state index is -0.258. The van der Waals surface area contributed by atoms with E-state index in [9.17, 15) is 5.11 Å². The zero-order chi connectivity index (χ0) is 16.0. The molecule has 1 N–H and O–H groups in total. The van der Waals surface area contributed by atoms with Gasteiger partial charge in [-0.1, -0.05) is 51.5 Å². The van der Waals surface area contributed by atoms with Gasteiger partial charge in [0, 0.05) is 11.5 Å². The van der Waals surface area contributed by atoms with E-state index in [2.05, 4.69) is 39.5 Å². The van der Waals surface area contributed by atoms with Gasteiger partial charge in [0.25, 0.3) is 0 Å². The maximum Gasteiger partial charge on any atom is 0.0974 e. The highest BCUT2D eigenvalue weighted by Crippen LogP contribution is 2.61. The van der Waals surface area contributed by atoms with Gasteiger partial charge in [0.05, 0.1) is 18.6 Å². The highest BCUT2D eigenvalue weighted by molar-refractivity contribution is 5.49. The van der Waals surface area contributed by atoms with Crippen LogP contribution in [0.4, 0.5) is 0 Å². The van der Waals surface area contributed by atoms with Gasteiger partial charge in [0.15, 0.2) is 0 Å². The Kier molecular flexibility index (Phi) is 3.84. The van der Waals surface area contributed by atoms with Crippen LogP contribution >= 0.6 is 0 Å². The molecule has 1 aromatic rings. The van der Waals surface area contributed by atoms with E-state index in [0.717, 1.165) is 18.4 Å². The van der Waals surface area contributed by atoms with Crippen molar-refractivity contribution < 1.29 is 9.52 Å². The van der Waals surface area contributed by atoms with E-state index >= 15 is 0 Å². The molecule has 3 rings (SSSR count). The molecule has 2 aliphatic carbocycles. The van der Waals surface area contributed by atoms with Gasteiger partial charge in [-0.05, 0) is 42.1 Å². The average molecular weight is 300 g/mol. The molecular weight excluding hydrogens is 272 g/mol. The quantitative estimate of drug-likeness (QED) is 0.774. The predicted molar refractivity (Wildman–Crippen MR) is 90.2 cm³/mol. The molecule has 2 aliphatic rings. The first-order valence-electron chi connectivity index (χ1n) is 8.41. The van der Waals surface area contributed by atoms with Crippen molar-refractivity contribution in [3.8, 4) is 0 Å². The second-order valence-corrected chi connectivity index (χ2v) is 8.15. The lowest BCUT2D eigenvalue weighted by Gasteiger charge is -2.59. The summed E-state index contributed by atoms with van der Waals surface area (Å²) in [4.78, 5) is 0. The fraction of sp³-hybridized carbons (Fsp3) is 0.600. The highest BCUT2D eigenvalue weighted by Gasteiger charge is 2.55. The third kappa shape index (κ3) is 2.48. The normalized spacial score (nSPS) is 38.2. The standard InChI is InChI=1S/C20H28O2/c1-14-12-17(21)18-19(2,3)9-5-10-20(18,4)16(14)7-6-15-8-11-22-13-15/h6-8,11,13,16-18,21H,1,5,9-10,12H2,2-4H3/b7-6+/t16-,17+,18+,20+/m0/s1. The topological polar surface area (TPSA) is 33.4 Å². The first-order chi connectivity index (χ1) is 10.3. The molecule has 0 spiro atoms. The number of aliphatic hydroxyl groups excluding tert-OH is 1. The molecule has 1 aromatic heterocycles. The summed E-state index contributed by atoms with van der Waals surface area (Å²) in [7, 11) is 0. The lowest BCUT2D eigenvalue weighted by molar-refractivity contribution is -0.111. The molecule has 120 valence electrons. The maximum absolute atomic E-state index is 10.7. The lowest BCUT2D eigenvalue weighted by Crippen LogP contribution is -2.55. The zero-order valence-electron chi connectivity index (χ0n) is 14.0. The summed E-state index contributed by atoms with van der Waals surface area (Å²) in [6, 6.07) is 1.97. The molecule has 2 saturated carbocycles. The van der Waals surface area contributed by atoms with Crippen LogP contribution < -0.4 is 0 Å². The second kappa shape index (κ2) is 5.42. The summed E-state index contributed by atoms with van der Waals surface area (Å²) in [5.74, 6) is 0.661. The fourth-order valence-electron chi connectivity index (χ4n) is 5.35. The summed E-state index contributed by atoms with van der Waals surface area (Å²) < 4.78 is 5.15. The molecule has 22 heavy (non-hydrogen) atoms. The van der Waals surface area contributed by atoms with Crippen molar-refractivity contribution in [2.75, 3.05) is 0 Å². The van der Waals surface area contributed by atoms with Crippen LogP contribution in [0.15, 0.2) is 41.2 Å². The molecular formula is C20H28O2. The van der Waals surface area contributed by atoms with Crippen LogP contribution in [0.1, 0.15) is 52.0 Å². The lowest BCUT2D eigenvalue weighted by atomic mass is 9.47. The van der Waals surface area contributed by atoms with E-state index in [1.807, 2.05) is 6.07 Å². The number of hydrogen-bond donors (Lipinski definition) is 1. The highest BCUT2D eigenvalue weighted by atomic mass is 16.3. The van der Waals surface area contributed by atoms with Gasteiger partial charge in [0.1, 0.15) is 0 Å². The minimum Gasteiger partial charge on any atom is -0.472 e. The van der Waals surface area contributed by atoms with Crippen LogP contribution in [0.5, 0.6) is 0 Å². The molecule has 2 nitrogen and oxygen atoms in total. The van der Waals surface area contributed by atoms with Crippen LogP contribution in [0.25, 0.3) is 6.08 Å². The number of furan rings is 1. The van der Waals surface area contributed by atoms with E-state index in [0.29, 0.717) is 11.8 Å². The van der Waals surface area contributed by atoms with E-state index < -0.39 is 0 Å². The summed E-state index contributed by atoms with van der Waals surface area (Å²) in [5.41, 5.74) is 2.55. The first kappa shape index (κ1) is 15.6. The zero-order valence-corrected chi connectivity index (χ0v) is 14.0. The predicted octanol–water partition coefficient (Wildman–Crippen LogP) is 5.06. The van der Waals surface area contributed by atoms with E-state index in [1.165, 1.54) is 18.4 Å². The molecule has 0 aromatic carbocycles. The van der Waals surface area contributed by atoms with Crippen molar-refractivity contribution in [3.05, 3.63) is 42.4 Å². The summed E-state index contributed by atoms with van der Waals surface area (Å²) >= 11 is 0. The van der Waals surface area contributed by atoms with Gasteiger partial charge >= 0.3 is 0 Å². The summed E-state index contributed by atoms with van der Waals surface area (Å²) in [6.45, 7) is 11.3. The fourth-order valence-corrected chi connectivity index (χ4v) is 5.35. The Morgan fingerprint density at radius 1 is 1.32 bits per heavy atom. The van der Waals surface area contributed by atoms with E-state index in [4.69, 9.17) is 4.42 Å². The molecule has 2 fully saturated rings. The van der Waals surface area contributed by atoms with Crippen LogP contribution in [-0.2, 0) is 0 Å². The van der Waals surface area contributed by atoms with Gasteiger partial charge in [-0.25, -0.2) is 0 Å². The Morgan fingerprint density at radius 2 is 2.09 bits per heavy atom. The van der Waals surface area contributed by atoms with E-state index in [1.54, 1.807) is 12.5 Å². The monoisotopic (exact) mass is 300 g/mol. The Hall–Kier alpha value is -1.28. The Morgan fingerprint density at radius 3 is 2.77 bits per heavy atom. The van der Waals surface area contributed by atoms with Crippen LogP contribution in [0.2, 0.25) is 0 Å². The molecule has 0 radical (unpaired) electrons. The summed E-state index contributed by atoms with van der Waals surface area (Å²) in [5, 5.41) is 10.7. The van der Waals surface area contributed by atoms with Crippen molar-refractivity contribution >= 4 is 6.08 Å². The molecule has 1 heterocycles. The maximum atomic E-state index is 10.7. The Balaban J connectivity index is 1.96. The van der Waals surface area contributed by atoms with E-state index in [-0.39, 0.29) is 16.9 Å². The number of allylic oxidation sites excluding steroid dienone is 1. The van der Waals surface area contributed by atoms with Gasteiger partial charge < -0.3 is 9.52 Å². The molecule has 0 saturated heterocycles.